The van der Waals surface area contributed by atoms with Gasteiger partial charge in [0.25, 0.3) is 0 Å². The largest absolute Gasteiger partial charge is 0.467 e. The predicted octanol–water partition coefficient (Wildman–Crippen LogP) is -0.527. The van der Waals surface area contributed by atoms with Crippen molar-refractivity contribution in [3.05, 3.63) is 0 Å². The summed E-state index contributed by atoms with van der Waals surface area (Å²) >= 11 is 0. The maximum Gasteiger partial charge on any atom is 0.328 e. The van der Waals surface area contributed by atoms with Gasteiger partial charge in [0.05, 0.1) is 13.2 Å². The highest BCUT2D eigenvalue weighted by Gasteiger charge is 2.31. The van der Waals surface area contributed by atoms with E-state index in [-0.39, 0.29) is 18.2 Å². The van der Waals surface area contributed by atoms with Gasteiger partial charge in [-0.1, -0.05) is 0 Å². The molecular weight excluding hydrogens is 250 g/mol. The third-order valence-electron chi connectivity index (χ3n) is 2.92. The molecule has 1 fully saturated rings. The third-order valence-corrected chi connectivity index (χ3v) is 2.92. The second kappa shape index (κ2) is 6.73. The lowest BCUT2D eigenvalue weighted by atomic mass is 10.0. The molecule has 1 rings (SSSR count). The summed E-state index contributed by atoms with van der Waals surface area (Å²) in [4.78, 5) is 34.5. The maximum absolute atomic E-state index is 11.9. The lowest BCUT2D eigenvalue weighted by Gasteiger charge is -2.19. The van der Waals surface area contributed by atoms with Gasteiger partial charge in [0.2, 0.25) is 11.8 Å². The van der Waals surface area contributed by atoms with Crippen molar-refractivity contribution in [3.8, 4) is 6.07 Å². The van der Waals surface area contributed by atoms with Crippen molar-refractivity contribution < 1.29 is 19.1 Å². The highest BCUT2D eigenvalue weighted by Crippen LogP contribution is 2.10. The maximum atomic E-state index is 11.9. The highest BCUT2D eigenvalue weighted by atomic mass is 16.5. The van der Waals surface area contributed by atoms with E-state index in [4.69, 9.17) is 5.26 Å². The zero-order valence-electron chi connectivity index (χ0n) is 10.9. The molecule has 7 nitrogen and oxygen atoms in total. The molecule has 104 valence electrons. The zero-order chi connectivity index (χ0) is 14.4. The number of nitrogens with one attached hydrogen (secondary N) is 2. The molecule has 0 aromatic heterocycles. The molecule has 2 N–H and O–H groups in total. The minimum absolute atomic E-state index is 0.176. The molecule has 19 heavy (non-hydrogen) atoms. The smallest absolute Gasteiger partial charge is 0.328 e. The van der Waals surface area contributed by atoms with Crippen LogP contribution in [0, 0.1) is 17.2 Å². The lowest BCUT2D eigenvalue weighted by molar-refractivity contribution is -0.145. The van der Waals surface area contributed by atoms with Crippen molar-refractivity contribution in [2.75, 3.05) is 7.11 Å². The molecule has 0 radical (unpaired) electrons. The van der Waals surface area contributed by atoms with E-state index in [1.807, 2.05) is 6.07 Å². The molecule has 0 spiro atoms. The van der Waals surface area contributed by atoms with Gasteiger partial charge in [-0.25, -0.2) is 4.79 Å². The number of esters is 1. The molecule has 7 heteroatoms. The number of carbonyl (C=O) groups excluding carboxylic acids is 3. The summed E-state index contributed by atoms with van der Waals surface area (Å²) in [6.45, 7) is 1.65. The van der Waals surface area contributed by atoms with Crippen molar-refractivity contribution in [2.24, 2.45) is 5.92 Å². The molecule has 3 atom stereocenters. The van der Waals surface area contributed by atoms with E-state index in [1.54, 1.807) is 6.92 Å². The van der Waals surface area contributed by atoms with Gasteiger partial charge in [0.15, 0.2) is 0 Å². The number of nitrogens with zero attached hydrogens (tertiary/aromatic N) is 1. The molecule has 1 heterocycles. The summed E-state index contributed by atoms with van der Waals surface area (Å²) in [7, 11) is 1.22. The van der Waals surface area contributed by atoms with E-state index in [0.29, 0.717) is 12.8 Å². The van der Waals surface area contributed by atoms with Crippen LogP contribution in [0.15, 0.2) is 0 Å². The summed E-state index contributed by atoms with van der Waals surface area (Å²) in [6.07, 6.45) is 0.886. The molecule has 0 aromatic carbocycles. The molecule has 0 unspecified atom stereocenters. The van der Waals surface area contributed by atoms with Crippen LogP contribution in [0.4, 0.5) is 0 Å². The van der Waals surface area contributed by atoms with Gasteiger partial charge in [0.1, 0.15) is 12.1 Å². The molecule has 0 bridgehead atoms. The van der Waals surface area contributed by atoms with Gasteiger partial charge < -0.3 is 15.4 Å². The van der Waals surface area contributed by atoms with Crippen molar-refractivity contribution in [1.82, 2.24) is 10.6 Å². The van der Waals surface area contributed by atoms with Crippen LogP contribution in [0.2, 0.25) is 0 Å². The van der Waals surface area contributed by atoms with Gasteiger partial charge in [0, 0.05) is 12.3 Å². The molecule has 0 saturated carbocycles. The van der Waals surface area contributed by atoms with Crippen molar-refractivity contribution in [2.45, 2.75) is 38.3 Å². The van der Waals surface area contributed by atoms with Crippen LogP contribution in [0.3, 0.4) is 0 Å². The van der Waals surface area contributed by atoms with Crippen molar-refractivity contribution in [3.63, 3.8) is 0 Å². The van der Waals surface area contributed by atoms with Crippen LogP contribution < -0.4 is 10.6 Å². The Labute approximate surface area is 111 Å². The van der Waals surface area contributed by atoms with E-state index in [0.717, 1.165) is 0 Å². The minimum Gasteiger partial charge on any atom is -0.467 e. The number of methoxy groups -OCH3 is 1. The van der Waals surface area contributed by atoms with Gasteiger partial charge in [-0.2, -0.15) is 5.26 Å². The number of rotatable bonds is 5. The van der Waals surface area contributed by atoms with Crippen LogP contribution in [-0.4, -0.2) is 37.0 Å². The predicted molar refractivity (Wildman–Crippen MR) is 64.5 cm³/mol. The first-order chi connectivity index (χ1) is 8.97. The van der Waals surface area contributed by atoms with E-state index >= 15 is 0 Å². The monoisotopic (exact) mass is 267 g/mol. The quantitative estimate of drug-likeness (QED) is 0.651. The summed E-state index contributed by atoms with van der Waals surface area (Å²) in [6, 6.07) is 0.511. The van der Waals surface area contributed by atoms with Crippen molar-refractivity contribution in [1.29, 1.82) is 5.26 Å². The number of hydrogen-bond donors (Lipinski definition) is 2. The number of ether oxygens (including phenoxy) is 1. The lowest BCUT2D eigenvalue weighted by Crippen LogP contribution is -2.49. The first-order valence-electron chi connectivity index (χ1n) is 6.05. The molecule has 2 amide bonds. The van der Waals surface area contributed by atoms with Gasteiger partial charge in [-0.3, -0.25) is 9.59 Å². The molecule has 1 aliphatic rings. The molecule has 1 saturated heterocycles. The zero-order valence-corrected chi connectivity index (χ0v) is 10.9. The van der Waals surface area contributed by atoms with Crippen LogP contribution in [-0.2, 0) is 19.1 Å². The van der Waals surface area contributed by atoms with Crippen LogP contribution >= 0.6 is 0 Å². The standard InChI is InChI=1S/C12H17N3O4/c1-7(6-13)5-9(12(18)19-2)15-11(17)8-3-4-10(16)14-8/h7-9H,3-5H2,1-2H3,(H,14,16)(H,15,17)/t7-,8+,9+/m0/s1. The van der Waals surface area contributed by atoms with Gasteiger partial charge in [-0.05, 0) is 19.8 Å². The number of nitriles is 1. The van der Waals surface area contributed by atoms with Crippen LogP contribution in [0.1, 0.15) is 26.2 Å². The number of hydrogen-bond acceptors (Lipinski definition) is 5. The van der Waals surface area contributed by atoms with Gasteiger partial charge >= 0.3 is 5.97 Å². The van der Waals surface area contributed by atoms with E-state index < -0.39 is 24.0 Å². The fourth-order valence-corrected chi connectivity index (χ4v) is 1.85. The fourth-order valence-electron chi connectivity index (χ4n) is 1.85. The summed E-state index contributed by atoms with van der Waals surface area (Å²) in [5, 5.41) is 13.8. The Morgan fingerprint density at radius 3 is 2.79 bits per heavy atom. The molecular formula is C12H17N3O4. The Morgan fingerprint density at radius 2 is 2.32 bits per heavy atom. The summed E-state index contributed by atoms with van der Waals surface area (Å²) in [5.41, 5.74) is 0. The van der Waals surface area contributed by atoms with E-state index in [2.05, 4.69) is 15.4 Å². The Hall–Kier alpha value is -2.10. The minimum atomic E-state index is -0.871. The average molecular weight is 267 g/mol. The summed E-state index contributed by atoms with van der Waals surface area (Å²) in [5.74, 6) is -1.59. The van der Waals surface area contributed by atoms with Crippen molar-refractivity contribution >= 4 is 17.8 Å². The second-order valence-corrected chi connectivity index (χ2v) is 4.51. The first-order valence-corrected chi connectivity index (χ1v) is 6.05. The van der Waals surface area contributed by atoms with E-state index in [9.17, 15) is 14.4 Å². The SMILES string of the molecule is COC(=O)[C@@H](C[C@H](C)C#N)NC(=O)[C@H]1CCC(=O)N1. The van der Waals surface area contributed by atoms with Crippen LogP contribution in [0.25, 0.3) is 0 Å². The molecule has 0 aromatic rings. The average Bonchev–Trinajstić information content (AvgIpc) is 2.83. The Kier molecular flexibility index (Phi) is 5.30. The fraction of sp³-hybridized carbons (Fsp3) is 0.667. The highest BCUT2D eigenvalue weighted by molar-refractivity contribution is 5.93. The molecule has 1 aliphatic heterocycles. The molecule has 0 aliphatic carbocycles. The first kappa shape index (κ1) is 15.0. The summed E-state index contributed by atoms with van der Waals surface area (Å²) < 4.78 is 4.59. The number of amides is 2. The number of carbonyl (C=O) groups is 3. The Bertz CT molecular complexity index is 416. The normalized spacial score (nSPS) is 20.9. The van der Waals surface area contributed by atoms with Crippen LogP contribution in [0.5, 0.6) is 0 Å². The Balaban J connectivity index is 2.61. The Morgan fingerprint density at radius 1 is 1.63 bits per heavy atom. The third kappa shape index (κ3) is 4.25. The topological polar surface area (TPSA) is 108 Å². The van der Waals surface area contributed by atoms with Gasteiger partial charge in [-0.15, -0.1) is 0 Å². The second-order valence-electron chi connectivity index (χ2n) is 4.51. The van der Waals surface area contributed by atoms with E-state index in [1.165, 1.54) is 7.11 Å².